The number of pyridine rings is 1. The van der Waals surface area contributed by atoms with Crippen LogP contribution in [0.2, 0.25) is 0 Å². The SMILES string of the molecule is COc1ccc(CNc2nc(C)c(C)c3c2nc(C=O)n3CC(C)C)cc1. The van der Waals surface area contributed by atoms with Gasteiger partial charge < -0.3 is 14.6 Å². The Kier molecular flexibility index (Phi) is 5.44. The second-order valence-electron chi connectivity index (χ2n) is 7.16. The van der Waals surface area contributed by atoms with Crippen LogP contribution in [0.5, 0.6) is 5.75 Å². The third-order valence-corrected chi connectivity index (χ3v) is 4.67. The van der Waals surface area contributed by atoms with Crippen LogP contribution in [0.15, 0.2) is 24.3 Å². The average molecular weight is 366 g/mol. The van der Waals surface area contributed by atoms with Gasteiger partial charge in [-0.15, -0.1) is 0 Å². The van der Waals surface area contributed by atoms with Gasteiger partial charge in [-0.3, -0.25) is 4.79 Å². The summed E-state index contributed by atoms with van der Waals surface area (Å²) in [5, 5.41) is 3.38. The molecule has 1 N–H and O–H groups in total. The number of nitrogens with one attached hydrogen (secondary N) is 1. The van der Waals surface area contributed by atoms with E-state index >= 15 is 0 Å². The Morgan fingerprint density at radius 1 is 1.19 bits per heavy atom. The minimum Gasteiger partial charge on any atom is -0.497 e. The number of imidazole rings is 1. The minimum absolute atomic E-state index is 0.407. The Hall–Kier alpha value is -2.89. The number of carbonyl (C=O) groups excluding carboxylic acids is 1. The second kappa shape index (κ2) is 7.78. The Labute approximate surface area is 159 Å². The summed E-state index contributed by atoms with van der Waals surface area (Å²) < 4.78 is 7.21. The van der Waals surface area contributed by atoms with E-state index in [1.807, 2.05) is 42.7 Å². The molecule has 0 amide bonds. The fourth-order valence-electron chi connectivity index (χ4n) is 3.18. The Morgan fingerprint density at radius 3 is 2.48 bits per heavy atom. The van der Waals surface area contributed by atoms with Crippen molar-refractivity contribution in [2.45, 2.75) is 40.8 Å². The lowest BCUT2D eigenvalue weighted by Crippen LogP contribution is -2.09. The van der Waals surface area contributed by atoms with Crippen LogP contribution >= 0.6 is 0 Å². The molecule has 0 aliphatic rings. The number of rotatable bonds is 7. The van der Waals surface area contributed by atoms with Crippen LogP contribution in [0.1, 0.15) is 41.3 Å². The number of methoxy groups -OCH3 is 1. The van der Waals surface area contributed by atoms with E-state index in [1.165, 1.54) is 0 Å². The van der Waals surface area contributed by atoms with Crippen LogP contribution in [-0.2, 0) is 13.1 Å². The molecule has 0 aliphatic carbocycles. The fraction of sp³-hybridized carbons (Fsp3) is 0.381. The lowest BCUT2D eigenvalue weighted by molar-refractivity contribution is 0.111. The Bertz CT molecular complexity index is 959. The first kappa shape index (κ1) is 18.9. The monoisotopic (exact) mass is 366 g/mol. The zero-order valence-electron chi connectivity index (χ0n) is 16.5. The van der Waals surface area contributed by atoms with Crippen LogP contribution in [0.4, 0.5) is 5.82 Å². The van der Waals surface area contributed by atoms with Crippen molar-refractivity contribution >= 4 is 23.1 Å². The fourth-order valence-corrected chi connectivity index (χ4v) is 3.18. The number of benzene rings is 1. The van der Waals surface area contributed by atoms with Crippen LogP contribution in [0, 0.1) is 19.8 Å². The zero-order valence-corrected chi connectivity index (χ0v) is 16.5. The third-order valence-electron chi connectivity index (χ3n) is 4.67. The number of ether oxygens (including phenoxy) is 1. The quantitative estimate of drug-likeness (QED) is 0.637. The summed E-state index contributed by atoms with van der Waals surface area (Å²) in [4.78, 5) is 20.9. The van der Waals surface area contributed by atoms with Crippen LogP contribution in [0.25, 0.3) is 11.0 Å². The highest BCUT2D eigenvalue weighted by molar-refractivity contribution is 5.92. The van der Waals surface area contributed by atoms with E-state index in [0.717, 1.165) is 46.4 Å². The largest absolute Gasteiger partial charge is 0.497 e. The summed E-state index contributed by atoms with van der Waals surface area (Å²) in [5.41, 5.74) is 4.83. The number of anilines is 1. The number of aromatic nitrogens is 3. The van der Waals surface area contributed by atoms with Crippen molar-refractivity contribution in [2.24, 2.45) is 5.92 Å². The van der Waals surface area contributed by atoms with Crippen molar-refractivity contribution in [1.29, 1.82) is 0 Å². The van der Waals surface area contributed by atoms with Crippen LogP contribution < -0.4 is 10.1 Å². The number of carbonyl (C=O) groups is 1. The van der Waals surface area contributed by atoms with E-state index in [4.69, 9.17) is 4.74 Å². The molecule has 0 unspecified atom stereocenters. The van der Waals surface area contributed by atoms with Gasteiger partial charge in [0, 0.05) is 18.8 Å². The first-order valence-corrected chi connectivity index (χ1v) is 9.14. The normalized spacial score (nSPS) is 11.2. The van der Waals surface area contributed by atoms with E-state index in [1.54, 1.807) is 7.11 Å². The molecule has 27 heavy (non-hydrogen) atoms. The molecule has 0 saturated carbocycles. The second-order valence-corrected chi connectivity index (χ2v) is 7.16. The molecule has 3 aromatic rings. The lowest BCUT2D eigenvalue weighted by Gasteiger charge is -2.14. The van der Waals surface area contributed by atoms with Gasteiger partial charge in [0.2, 0.25) is 0 Å². The number of aldehydes is 1. The maximum absolute atomic E-state index is 11.6. The van der Waals surface area contributed by atoms with Gasteiger partial charge in [0.1, 0.15) is 11.3 Å². The number of fused-ring (bicyclic) bond motifs is 1. The smallest absolute Gasteiger partial charge is 0.185 e. The van der Waals surface area contributed by atoms with Crippen molar-refractivity contribution in [3.63, 3.8) is 0 Å². The van der Waals surface area contributed by atoms with Gasteiger partial charge in [-0.25, -0.2) is 9.97 Å². The highest BCUT2D eigenvalue weighted by Gasteiger charge is 2.19. The number of aryl methyl sites for hydroxylation is 2. The molecule has 3 rings (SSSR count). The number of hydrogen-bond acceptors (Lipinski definition) is 5. The third kappa shape index (κ3) is 3.79. The van der Waals surface area contributed by atoms with Crippen molar-refractivity contribution in [1.82, 2.24) is 14.5 Å². The van der Waals surface area contributed by atoms with Gasteiger partial charge in [-0.1, -0.05) is 26.0 Å². The summed E-state index contributed by atoms with van der Waals surface area (Å²) in [7, 11) is 1.65. The lowest BCUT2D eigenvalue weighted by atomic mass is 10.1. The Balaban J connectivity index is 2.00. The van der Waals surface area contributed by atoms with Gasteiger partial charge in [0.25, 0.3) is 0 Å². The first-order valence-electron chi connectivity index (χ1n) is 9.14. The van der Waals surface area contributed by atoms with Crippen molar-refractivity contribution < 1.29 is 9.53 Å². The number of nitrogens with zero attached hydrogens (tertiary/aromatic N) is 3. The van der Waals surface area contributed by atoms with Crippen molar-refractivity contribution in [2.75, 3.05) is 12.4 Å². The van der Waals surface area contributed by atoms with Gasteiger partial charge in [0.15, 0.2) is 17.9 Å². The predicted octanol–water partition coefficient (Wildman–Crippen LogP) is 4.14. The highest BCUT2D eigenvalue weighted by atomic mass is 16.5. The summed E-state index contributed by atoms with van der Waals surface area (Å²) >= 11 is 0. The van der Waals surface area contributed by atoms with Crippen molar-refractivity contribution in [3.05, 3.63) is 46.9 Å². The molecule has 2 aromatic heterocycles. The molecule has 0 spiro atoms. The molecule has 142 valence electrons. The summed E-state index contributed by atoms with van der Waals surface area (Å²) in [5.74, 6) is 2.38. The maximum Gasteiger partial charge on any atom is 0.185 e. The van der Waals surface area contributed by atoms with Gasteiger partial charge in [0.05, 0.1) is 12.6 Å². The first-order chi connectivity index (χ1) is 12.9. The molecule has 1 aromatic carbocycles. The molecule has 6 nitrogen and oxygen atoms in total. The van der Waals surface area contributed by atoms with Gasteiger partial charge in [-0.2, -0.15) is 0 Å². The molecule has 2 heterocycles. The molecule has 0 atom stereocenters. The molecule has 0 radical (unpaired) electrons. The topological polar surface area (TPSA) is 69.0 Å². The van der Waals surface area contributed by atoms with Crippen LogP contribution in [0.3, 0.4) is 0 Å². The van der Waals surface area contributed by atoms with Gasteiger partial charge in [-0.05, 0) is 43.0 Å². The molecule has 0 saturated heterocycles. The molecule has 0 aliphatic heterocycles. The molecular formula is C21H26N4O2. The van der Waals surface area contributed by atoms with E-state index < -0.39 is 0 Å². The standard InChI is InChI=1S/C21H26N4O2/c1-13(2)11-25-18(12-26)24-19-20(25)14(3)15(4)23-21(19)22-10-16-6-8-17(27-5)9-7-16/h6-9,12-13H,10-11H2,1-5H3,(H,22,23). The maximum atomic E-state index is 11.6. The van der Waals surface area contributed by atoms with Crippen molar-refractivity contribution in [3.8, 4) is 5.75 Å². The highest BCUT2D eigenvalue weighted by Crippen LogP contribution is 2.28. The van der Waals surface area contributed by atoms with Gasteiger partial charge >= 0.3 is 0 Å². The van der Waals surface area contributed by atoms with E-state index in [2.05, 4.69) is 29.1 Å². The number of hydrogen-bond donors (Lipinski definition) is 1. The molecule has 0 fully saturated rings. The summed E-state index contributed by atoms with van der Waals surface area (Å²) in [6.07, 6.45) is 0.824. The summed E-state index contributed by atoms with van der Waals surface area (Å²) in [6, 6.07) is 7.89. The predicted molar refractivity (Wildman–Crippen MR) is 108 cm³/mol. The minimum atomic E-state index is 0.407. The zero-order chi connectivity index (χ0) is 19.6. The average Bonchev–Trinajstić information content (AvgIpc) is 3.02. The van der Waals surface area contributed by atoms with E-state index in [0.29, 0.717) is 24.1 Å². The Morgan fingerprint density at radius 2 is 1.89 bits per heavy atom. The van der Waals surface area contributed by atoms with Crippen LogP contribution in [-0.4, -0.2) is 27.9 Å². The molecule has 0 bridgehead atoms. The molecule has 6 heteroatoms. The summed E-state index contributed by atoms with van der Waals surface area (Å²) in [6.45, 7) is 9.64. The molecular weight excluding hydrogens is 340 g/mol. The van der Waals surface area contributed by atoms with E-state index in [9.17, 15) is 4.79 Å². The van der Waals surface area contributed by atoms with E-state index in [-0.39, 0.29) is 0 Å².